The van der Waals surface area contributed by atoms with Gasteiger partial charge in [-0.3, -0.25) is 0 Å². The number of nitrogens with zero attached hydrogens (tertiary/aromatic N) is 2. The van der Waals surface area contributed by atoms with Crippen LogP contribution in [0.25, 0.3) is 0 Å². The lowest BCUT2D eigenvalue weighted by atomic mass is 10.3. The van der Waals surface area contributed by atoms with Gasteiger partial charge in [-0.2, -0.15) is 0 Å². The minimum atomic E-state index is 1.04. The van der Waals surface area contributed by atoms with Gasteiger partial charge >= 0.3 is 0 Å². The molecule has 0 bridgehead atoms. The van der Waals surface area contributed by atoms with E-state index in [2.05, 4.69) is 55.0 Å². The van der Waals surface area contributed by atoms with Crippen molar-refractivity contribution in [2.75, 3.05) is 38.5 Å². The molecule has 4 heteroatoms. The van der Waals surface area contributed by atoms with Crippen molar-refractivity contribution in [2.24, 2.45) is 0 Å². The summed E-state index contributed by atoms with van der Waals surface area (Å²) in [5, 5.41) is 4.64. The molecule has 0 radical (unpaired) electrons. The highest BCUT2D eigenvalue weighted by molar-refractivity contribution is 7.99. The van der Waals surface area contributed by atoms with Crippen LogP contribution in [0, 0.1) is 13.8 Å². The monoisotopic (exact) mass is 281 g/mol. The van der Waals surface area contributed by atoms with E-state index in [-0.39, 0.29) is 0 Å². The van der Waals surface area contributed by atoms with Crippen LogP contribution in [0.4, 0.5) is 0 Å². The van der Waals surface area contributed by atoms with E-state index in [1.807, 2.05) is 11.8 Å². The van der Waals surface area contributed by atoms with Gasteiger partial charge in [0.05, 0.1) is 5.03 Å². The predicted octanol–water partition coefficient (Wildman–Crippen LogP) is 2.72. The van der Waals surface area contributed by atoms with E-state index in [4.69, 9.17) is 0 Å². The molecule has 0 saturated heterocycles. The van der Waals surface area contributed by atoms with Gasteiger partial charge in [0, 0.05) is 31.1 Å². The lowest BCUT2D eigenvalue weighted by Crippen LogP contribution is -2.32. The molecule has 108 valence electrons. The maximum absolute atomic E-state index is 4.53. The van der Waals surface area contributed by atoms with Crippen LogP contribution in [0.15, 0.2) is 17.2 Å². The van der Waals surface area contributed by atoms with E-state index in [0.29, 0.717) is 0 Å². The molecule has 1 rings (SSSR count). The normalized spacial score (nSPS) is 11.2. The molecule has 1 N–H and O–H groups in total. The van der Waals surface area contributed by atoms with Crippen LogP contribution in [-0.2, 0) is 0 Å². The van der Waals surface area contributed by atoms with Crippen molar-refractivity contribution in [3.63, 3.8) is 0 Å². The number of nitrogens with one attached hydrogen (secondary N) is 1. The lowest BCUT2D eigenvalue weighted by Gasteiger charge is -2.17. The Bertz CT molecular complexity index is 344. The molecular weight excluding hydrogens is 254 g/mol. The van der Waals surface area contributed by atoms with Crippen LogP contribution in [0.1, 0.15) is 25.1 Å². The Labute approximate surface area is 122 Å². The third kappa shape index (κ3) is 6.95. The molecule has 0 spiro atoms. The second-order valence-corrected chi connectivity index (χ2v) is 5.86. The van der Waals surface area contributed by atoms with E-state index < -0.39 is 0 Å². The Morgan fingerprint density at radius 2 is 1.89 bits per heavy atom. The van der Waals surface area contributed by atoms with Gasteiger partial charge in [0.25, 0.3) is 0 Å². The number of aryl methyl sites for hydroxylation is 2. The fourth-order valence-electron chi connectivity index (χ4n) is 2.01. The molecule has 0 aliphatic carbocycles. The molecule has 19 heavy (non-hydrogen) atoms. The van der Waals surface area contributed by atoms with Gasteiger partial charge in [0.2, 0.25) is 0 Å². The van der Waals surface area contributed by atoms with Gasteiger partial charge in [-0.1, -0.05) is 13.8 Å². The highest BCUT2D eigenvalue weighted by atomic mass is 32.2. The first-order valence-electron chi connectivity index (χ1n) is 7.16. The fourth-order valence-corrected chi connectivity index (χ4v) is 2.94. The topological polar surface area (TPSA) is 28.2 Å². The summed E-state index contributed by atoms with van der Waals surface area (Å²) in [4.78, 5) is 6.97. The summed E-state index contributed by atoms with van der Waals surface area (Å²) in [5.41, 5.74) is 2.40. The van der Waals surface area contributed by atoms with Crippen molar-refractivity contribution in [1.29, 1.82) is 0 Å². The summed E-state index contributed by atoms with van der Waals surface area (Å²) in [6.07, 6.45) is 0. The number of rotatable bonds is 9. The molecule has 0 aliphatic heterocycles. The zero-order valence-corrected chi connectivity index (χ0v) is 13.5. The second kappa shape index (κ2) is 9.34. The number of hydrogen-bond donors (Lipinski definition) is 1. The summed E-state index contributed by atoms with van der Waals surface area (Å²) < 4.78 is 0. The first-order valence-corrected chi connectivity index (χ1v) is 8.15. The molecule has 1 aromatic rings. The number of aromatic nitrogens is 1. The standard InChI is InChI=1S/C15H27N3S/c1-5-18(6-2)9-7-16-8-10-19-15-12-13(3)11-14(4)17-15/h11-12,16H,5-10H2,1-4H3. The zero-order valence-electron chi connectivity index (χ0n) is 12.7. The van der Waals surface area contributed by atoms with Crippen LogP contribution in [0.2, 0.25) is 0 Å². The molecule has 0 aromatic carbocycles. The average molecular weight is 281 g/mol. The van der Waals surface area contributed by atoms with Gasteiger partial charge in [-0.15, -0.1) is 11.8 Å². The average Bonchev–Trinajstić information content (AvgIpc) is 2.37. The lowest BCUT2D eigenvalue weighted by molar-refractivity contribution is 0.303. The van der Waals surface area contributed by atoms with Crippen molar-refractivity contribution >= 4 is 11.8 Å². The Hall–Kier alpha value is -0.580. The van der Waals surface area contributed by atoms with Gasteiger partial charge in [-0.05, 0) is 44.6 Å². The van der Waals surface area contributed by atoms with E-state index in [1.54, 1.807) is 0 Å². The molecule has 1 heterocycles. The van der Waals surface area contributed by atoms with Crippen LogP contribution in [-0.4, -0.2) is 48.4 Å². The quantitative estimate of drug-likeness (QED) is 0.556. The maximum atomic E-state index is 4.53. The van der Waals surface area contributed by atoms with Gasteiger partial charge < -0.3 is 10.2 Å². The molecule has 0 fully saturated rings. The largest absolute Gasteiger partial charge is 0.315 e. The summed E-state index contributed by atoms with van der Waals surface area (Å²) >= 11 is 1.83. The number of likely N-dealkylation sites (N-methyl/N-ethyl adjacent to an activating group) is 1. The second-order valence-electron chi connectivity index (χ2n) is 4.75. The molecule has 3 nitrogen and oxygen atoms in total. The number of pyridine rings is 1. The van der Waals surface area contributed by atoms with Crippen molar-refractivity contribution in [3.05, 3.63) is 23.4 Å². The number of thioether (sulfide) groups is 1. The molecule has 0 aliphatic rings. The summed E-state index contributed by atoms with van der Waals surface area (Å²) in [5.74, 6) is 1.08. The van der Waals surface area contributed by atoms with Gasteiger partial charge in [0.15, 0.2) is 0 Å². The molecule has 0 unspecified atom stereocenters. The van der Waals surface area contributed by atoms with Gasteiger partial charge in [0.1, 0.15) is 0 Å². The number of hydrogen-bond acceptors (Lipinski definition) is 4. The summed E-state index contributed by atoms with van der Waals surface area (Å²) in [6, 6.07) is 4.28. The fraction of sp³-hybridized carbons (Fsp3) is 0.667. The van der Waals surface area contributed by atoms with Crippen LogP contribution in [0.5, 0.6) is 0 Å². The first kappa shape index (κ1) is 16.5. The summed E-state index contributed by atoms with van der Waals surface area (Å²) in [7, 11) is 0. The predicted molar refractivity (Wildman–Crippen MR) is 85.1 cm³/mol. The minimum absolute atomic E-state index is 1.04. The van der Waals surface area contributed by atoms with Gasteiger partial charge in [-0.25, -0.2) is 4.98 Å². The van der Waals surface area contributed by atoms with Crippen LogP contribution < -0.4 is 5.32 Å². The molecule has 0 amide bonds. The SMILES string of the molecule is CCN(CC)CCNCCSc1cc(C)cc(C)n1. The summed E-state index contributed by atoms with van der Waals surface area (Å²) in [6.45, 7) is 14.1. The maximum Gasteiger partial charge on any atom is 0.0966 e. The smallest absolute Gasteiger partial charge is 0.0966 e. The van der Waals surface area contributed by atoms with E-state index in [9.17, 15) is 0 Å². The van der Waals surface area contributed by atoms with Crippen molar-refractivity contribution < 1.29 is 0 Å². The zero-order chi connectivity index (χ0) is 14.1. The molecule has 1 aromatic heterocycles. The van der Waals surface area contributed by atoms with E-state index in [0.717, 1.165) is 49.2 Å². The van der Waals surface area contributed by atoms with Crippen LogP contribution in [0.3, 0.4) is 0 Å². The Balaban J connectivity index is 2.14. The highest BCUT2D eigenvalue weighted by Crippen LogP contribution is 2.16. The Kier molecular flexibility index (Phi) is 8.10. The Morgan fingerprint density at radius 1 is 1.16 bits per heavy atom. The van der Waals surface area contributed by atoms with Crippen molar-refractivity contribution in [1.82, 2.24) is 15.2 Å². The molecular formula is C15H27N3S. The Morgan fingerprint density at radius 3 is 2.53 bits per heavy atom. The third-order valence-electron chi connectivity index (χ3n) is 3.10. The molecule has 0 atom stereocenters. The van der Waals surface area contributed by atoms with E-state index in [1.165, 1.54) is 5.56 Å². The first-order chi connectivity index (χ1) is 9.15. The van der Waals surface area contributed by atoms with Crippen molar-refractivity contribution in [3.8, 4) is 0 Å². The van der Waals surface area contributed by atoms with E-state index >= 15 is 0 Å². The molecule has 0 saturated carbocycles. The minimum Gasteiger partial charge on any atom is -0.315 e. The van der Waals surface area contributed by atoms with Crippen LogP contribution >= 0.6 is 11.8 Å². The van der Waals surface area contributed by atoms with Crippen molar-refractivity contribution in [2.45, 2.75) is 32.7 Å². The third-order valence-corrected chi connectivity index (χ3v) is 4.02. The highest BCUT2D eigenvalue weighted by Gasteiger charge is 2.00.